The molecular formula is C8H8N4. The van der Waals surface area contributed by atoms with Crippen molar-refractivity contribution >= 4 is 0 Å². The standard InChI is InChI=1S/C8H8N4/c1-5-7(11-3-9-5)2-8-6(1)10-4-12-8/h3-4H,1-2H2,(H,9,11)(H,10,12). The van der Waals surface area contributed by atoms with Crippen molar-refractivity contribution in [2.45, 2.75) is 12.8 Å². The van der Waals surface area contributed by atoms with Crippen molar-refractivity contribution in [3.8, 4) is 0 Å². The number of fused-ring (bicyclic) bond motifs is 2. The van der Waals surface area contributed by atoms with Gasteiger partial charge in [0.1, 0.15) is 0 Å². The fourth-order valence-corrected chi connectivity index (χ4v) is 1.64. The molecule has 0 atom stereocenters. The fraction of sp³-hybridized carbons (Fsp3) is 0.250. The number of rotatable bonds is 0. The van der Waals surface area contributed by atoms with E-state index in [1.807, 2.05) is 0 Å². The SMILES string of the molecule is c1nc2c([nH]1)Cc1[nH]cnc1C2. The quantitative estimate of drug-likeness (QED) is 0.506. The van der Waals surface area contributed by atoms with Crippen molar-refractivity contribution in [1.82, 2.24) is 19.9 Å². The van der Waals surface area contributed by atoms with Gasteiger partial charge in [0.2, 0.25) is 0 Å². The largest absolute Gasteiger partial charge is 0.348 e. The van der Waals surface area contributed by atoms with Crippen LogP contribution in [0.3, 0.4) is 0 Å². The minimum atomic E-state index is 0.859. The van der Waals surface area contributed by atoms with Crippen molar-refractivity contribution in [2.75, 3.05) is 0 Å². The molecular weight excluding hydrogens is 152 g/mol. The van der Waals surface area contributed by atoms with E-state index in [2.05, 4.69) is 19.9 Å². The van der Waals surface area contributed by atoms with Gasteiger partial charge in [-0.3, -0.25) is 0 Å². The maximum atomic E-state index is 4.23. The molecule has 0 aromatic carbocycles. The van der Waals surface area contributed by atoms with E-state index in [0.717, 1.165) is 24.2 Å². The molecule has 0 saturated carbocycles. The summed E-state index contributed by atoms with van der Waals surface area (Å²) in [4.78, 5) is 14.7. The Morgan fingerprint density at radius 2 is 1.50 bits per heavy atom. The number of aromatic nitrogens is 4. The Balaban J connectivity index is 2.15. The van der Waals surface area contributed by atoms with Crippen LogP contribution in [0.5, 0.6) is 0 Å². The molecule has 1 aliphatic rings. The lowest BCUT2D eigenvalue weighted by molar-refractivity contribution is 0.911. The molecule has 2 aromatic heterocycles. The van der Waals surface area contributed by atoms with E-state index in [1.54, 1.807) is 12.7 Å². The van der Waals surface area contributed by atoms with Gasteiger partial charge in [-0.05, 0) is 0 Å². The summed E-state index contributed by atoms with van der Waals surface area (Å²) in [5.74, 6) is 0. The molecule has 0 unspecified atom stereocenters. The summed E-state index contributed by atoms with van der Waals surface area (Å²) in [6.07, 6.45) is 5.26. The summed E-state index contributed by atoms with van der Waals surface area (Å²) in [5.41, 5.74) is 4.70. The van der Waals surface area contributed by atoms with Crippen LogP contribution in [0.4, 0.5) is 0 Å². The molecule has 4 nitrogen and oxygen atoms in total. The molecule has 0 radical (unpaired) electrons. The third kappa shape index (κ3) is 0.664. The molecule has 0 amide bonds. The number of nitrogens with one attached hydrogen (secondary N) is 2. The molecule has 4 heteroatoms. The van der Waals surface area contributed by atoms with E-state index < -0.39 is 0 Å². The van der Waals surface area contributed by atoms with Crippen LogP contribution in [0.2, 0.25) is 0 Å². The van der Waals surface area contributed by atoms with Crippen molar-refractivity contribution in [2.24, 2.45) is 0 Å². The van der Waals surface area contributed by atoms with Gasteiger partial charge in [-0.2, -0.15) is 0 Å². The molecule has 0 aliphatic heterocycles. The van der Waals surface area contributed by atoms with Gasteiger partial charge >= 0.3 is 0 Å². The van der Waals surface area contributed by atoms with Crippen molar-refractivity contribution < 1.29 is 0 Å². The Bertz CT molecular complexity index is 339. The molecule has 2 N–H and O–H groups in total. The summed E-state index contributed by atoms with van der Waals surface area (Å²) in [6.45, 7) is 0. The van der Waals surface area contributed by atoms with E-state index in [0.29, 0.717) is 0 Å². The van der Waals surface area contributed by atoms with Crippen molar-refractivity contribution in [1.29, 1.82) is 0 Å². The first kappa shape index (κ1) is 5.99. The third-order valence-corrected chi connectivity index (χ3v) is 2.30. The van der Waals surface area contributed by atoms with Gasteiger partial charge in [0, 0.05) is 24.2 Å². The summed E-state index contributed by atoms with van der Waals surface area (Å²) in [7, 11) is 0. The van der Waals surface area contributed by atoms with E-state index in [4.69, 9.17) is 0 Å². The first-order valence-corrected chi connectivity index (χ1v) is 3.96. The highest BCUT2D eigenvalue weighted by atomic mass is 14.9. The molecule has 3 rings (SSSR count). The minimum Gasteiger partial charge on any atom is -0.348 e. The topological polar surface area (TPSA) is 57.4 Å². The van der Waals surface area contributed by atoms with Crippen LogP contribution in [0.1, 0.15) is 22.8 Å². The highest BCUT2D eigenvalue weighted by molar-refractivity contribution is 5.32. The van der Waals surface area contributed by atoms with Gasteiger partial charge in [-0.15, -0.1) is 0 Å². The van der Waals surface area contributed by atoms with Gasteiger partial charge in [-0.1, -0.05) is 0 Å². The Morgan fingerprint density at radius 1 is 0.917 bits per heavy atom. The second kappa shape index (κ2) is 1.97. The third-order valence-electron chi connectivity index (χ3n) is 2.30. The highest BCUT2D eigenvalue weighted by Crippen LogP contribution is 2.21. The van der Waals surface area contributed by atoms with Crippen molar-refractivity contribution in [3.05, 3.63) is 35.4 Å². The minimum absolute atomic E-state index is 0.859. The second-order valence-corrected chi connectivity index (χ2v) is 3.01. The predicted molar refractivity (Wildman–Crippen MR) is 42.8 cm³/mol. The van der Waals surface area contributed by atoms with Crippen LogP contribution in [0.25, 0.3) is 0 Å². The second-order valence-electron chi connectivity index (χ2n) is 3.01. The smallest absolute Gasteiger partial charge is 0.0925 e. The summed E-state index contributed by atoms with van der Waals surface area (Å²) in [5, 5.41) is 0. The maximum Gasteiger partial charge on any atom is 0.0925 e. The molecule has 2 heterocycles. The highest BCUT2D eigenvalue weighted by Gasteiger charge is 2.18. The number of aromatic amines is 2. The van der Waals surface area contributed by atoms with Gasteiger partial charge in [0.15, 0.2) is 0 Å². The van der Waals surface area contributed by atoms with Crippen molar-refractivity contribution in [3.63, 3.8) is 0 Å². The average molecular weight is 160 g/mol. The fourth-order valence-electron chi connectivity index (χ4n) is 1.64. The Kier molecular flexibility index (Phi) is 0.983. The Hall–Kier alpha value is -1.58. The molecule has 2 aromatic rings. The van der Waals surface area contributed by atoms with E-state index in [1.165, 1.54) is 11.4 Å². The number of nitrogens with zero attached hydrogens (tertiary/aromatic N) is 2. The van der Waals surface area contributed by atoms with E-state index >= 15 is 0 Å². The van der Waals surface area contributed by atoms with E-state index in [-0.39, 0.29) is 0 Å². The number of hydrogen-bond donors (Lipinski definition) is 2. The summed E-state index contributed by atoms with van der Waals surface area (Å²) >= 11 is 0. The first-order chi connectivity index (χ1) is 5.93. The lowest BCUT2D eigenvalue weighted by atomic mass is 10.0. The van der Waals surface area contributed by atoms with Gasteiger partial charge in [0.05, 0.1) is 24.0 Å². The number of imidazole rings is 2. The van der Waals surface area contributed by atoms with Crippen LogP contribution in [-0.2, 0) is 12.8 Å². The Labute approximate surface area is 69.1 Å². The van der Waals surface area contributed by atoms with Gasteiger partial charge in [-0.25, -0.2) is 9.97 Å². The molecule has 12 heavy (non-hydrogen) atoms. The average Bonchev–Trinajstić information content (AvgIpc) is 2.64. The Morgan fingerprint density at radius 3 is 2.08 bits per heavy atom. The summed E-state index contributed by atoms with van der Waals surface area (Å²) in [6, 6.07) is 0. The molecule has 0 fully saturated rings. The zero-order valence-electron chi connectivity index (χ0n) is 6.46. The number of hydrogen-bond acceptors (Lipinski definition) is 2. The van der Waals surface area contributed by atoms with Crippen LogP contribution >= 0.6 is 0 Å². The zero-order chi connectivity index (χ0) is 7.97. The molecule has 0 spiro atoms. The van der Waals surface area contributed by atoms with E-state index in [9.17, 15) is 0 Å². The monoisotopic (exact) mass is 160 g/mol. The van der Waals surface area contributed by atoms with Crippen LogP contribution < -0.4 is 0 Å². The van der Waals surface area contributed by atoms with Crippen LogP contribution in [0, 0.1) is 0 Å². The number of H-pyrrole nitrogens is 2. The van der Waals surface area contributed by atoms with Gasteiger partial charge in [0.25, 0.3) is 0 Å². The summed E-state index contributed by atoms with van der Waals surface area (Å²) < 4.78 is 0. The first-order valence-electron chi connectivity index (χ1n) is 3.96. The molecule has 60 valence electrons. The molecule has 0 saturated heterocycles. The lowest BCUT2D eigenvalue weighted by Crippen LogP contribution is -2.06. The molecule has 1 aliphatic carbocycles. The maximum absolute atomic E-state index is 4.23. The normalized spacial score (nSPS) is 14.0. The van der Waals surface area contributed by atoms with Crippen LogP contribution in [0.15, 0.2) is 12.7 Å². The zero-order valence-corrected chi connectivity index (χ0v) is 6.46. The molecule has 0 bridgehead atoms. The predicted octanol–water partition coefficient (Wildman–Crippen LogP) is 0.628. The van der Waals surface area contributed by atoms with Crippen LogP contribution in [-0.4, -0.2) is 19.9 Å². The van der Waals surface area contributed by atoms with Gasteiger partial charge < -0.3 is 9.97 Å². The lowest BCUT2D eigenvalue weighted by Gasteiger charge is -2.08.